The molecule has 0 fully saturated rings. The van der Waals surface area contributed by atoms with Crippen LogP contribution in [0.3, 0.4) is 0 Å². The number of rotatable bonds is 6. The van der Waals surface area contributed by atoms with Crippen LogP contribution in [-0.4, -0.2) is 25.4 Å². The topological polar surface area (TPSA) is 80.9 Å². The summed E-state index contributed by atoms with van der Waals surface area (Å²) in [7, 11) is 3.12. The number of benzene rings is 3. The number of methoxy groups -OCH3 is 2. The van der Waals surface area contributed by atoms with Crippen molar-refractivity contribution in [2.45, 2.75) is 19.4 Å². The van der Waals surface area contributed by atoms with E-state index < -0.39 is 11.7 Å². The lowest BCUT2D eigenvalue weighted by Gasteiger charge is -2.26. The molecule has 3 N–H and O–H groups in total. The third-order valence-corrected chi connectivity index (χ3v) is 5.14. The zero-order chi connectivity index (χ0) is 23.8. The van der Waals surface area contributed by atoms with Crippen molar-refractivity contribution in [1.82, 2.24) is 10.9 Å². The van der Waals surface area contributed by atoms with Gasteiger partial charge in [0.05, 0.1) is 14.2 Å². The van der Waals surface area contributed by atoms with Crippen molar-refractivity contribution in [2.75, 3.05) is 19.5 Å². The number of nitrogens with one attached hydrogen (secondary N) is 3. The van der Waals surface area contributed by atoms with Gasteiger partial charge in [-0.05, 0) is 49.8 Å². The highest BCUT2D eigenvalue weighted by molar-refractivity contribution is 7.80. The molecule has 0 bridgehead atoms. The van der Waals surface area contributed by atoms with Crippen LogP contribution in [0.25, 0.3) is 11.1 Å². The number of hydrazine groups is 1. The highest BCUT2D eigenvalue weighted by Crippen LogP contribution is 2.32. The molecule has 7 nitrogen and oxygen atoms in total. The molecule has 0 aliphatic carbocycles. The van der Waals surface area contributed by atoms with E-state index in [0.29, 0.717) is 17.1 Å². The first-order valence-electron chi connectivity index (χ1n) is 10.3. The van der Waals surface area contributed by atoms with E-state index in [1.165, 1.54) is 0 Å². The predicted octanol–water partition coefficient (Wildman–Crippen LogP) is 5.23. The monoisotopic (exact) mass is 465 g/mol. The Bertz CT molecular complexity index is 1100. The highest BCUT2D eigenvalue weighted by Gasteiger charge is 2.27. The summed E-state index contributed by atoms with van der Waals surface area (Å²) in [6, 6.07) is 23.0. The number of ether oxygens (including phenoxy) is 3. The van der Waals surface area contributed by atoms with Crippen molar-refractivity contribution >= 4 is 29.1 Å². The van der Waals surface area contributed by atoms with E-state index in [-0.39, 0.29) is 5.11 Å². The molecule has 3 rings (SSSR count). The molecule has 0 radical (unpaired) electrons. The van der Waals surface area contributed by atoms with Gasteiger partial charge in [-0.15, -0.1) is 0 Å². The number of hydrogen-bond acceptors (Lipinski definition) is 5. The second kappa shape index (κ2) is 10.7. The molecule has 0 atom stereocenters. The fraction of sp³-hybridized carbons (Fsp3) is 0.200. The average molecular weight is 466 g/mol. The molecule has 0 aliphatic rings. The number of thiocarbonyl (C=S) groups is 1. The Kier molecular flexibility index (Phi) is 7.74. The van der Waals surface area contributed by atoms with Crippen molar-refractivity contribution in [3.8, 4) is 22.6 Å². The van der Waals surface area contributed by atoms with Crippen LogP contribution in [0.1, 0.15) is 19.4 Å². The molecule has 33 heavy (non-hydrogen) atoms. The maximum atomic E-state index is 12.4. The smallest absolute Gasteiger partial charge is 0.426 e. The Morgan fingerprint density at radius 1 is 0.848 bits per heavy atom. The maximum absolute atomic E-state index is 12.4. The van der Waals surface area contributed by atoms with Gasteiger partial charge in [0.2, 0.25) is 0 Å². The normalized spacial score (nSPS) is 10.7. The van der Waals surface area contributed by atoms with Crippen LogP contribution in [-0.2, 0) is 10.3 Å². The number of amides is 1. The van der Waals surface area contributed by atoms with Crippen molar-refractivity contribution in [1.29, 1.82) is 0 Å². The minimum Gasteiger partial charge on any atom is -0.497 e. The Labute approximate surface area is 199 Å². The fourth-order valence-corrected chi connectivity index (χ4v) is 3.36. The van der Waals surface area contributed by atoms with E-state index >= 15 is 0 Å². The maximum Gasteiger partial charge on any atom is 0.426 e. The lowest BCUT2D eigenvalue weighted by Crippen LogP contribution is -2.46. The van der Waals surface area contributed by atoms with Gasteiger partial charge in [0, 0.05) is 22.9 Å². The lowest BCUT2D eigenvalue weighted by molar-refractivity contribution is 0.0348. The molecule has 0 spiro atoms. The van der Waals surface area contributed by atoms with Crippen LogP contribution in [0.4, 0.5) is 10.5 Å². The molecular weight excluding hydrogens is 438 g/mol. The van der Waals surface area contributed by atoms with Gasteiger partial charge in [0.1, 0.15) is 17.1 Å². The quantitative estimate of drug-likeness (QED) is 0.340. The van der Waals surface area contributed by atoms with Gasteiger partial charge < -0.3 is 19.5 Å². The van der Waals surface area contributed by atoms with E-state index in [2.05, 4.69) is 16.2 Å². The Balaban J connectivity index is 1.61. The summed E-state index contributed by atoms with van der Waals surface area (Å²) < 4.78 is 16.2. The van der Waals surface area contributed by atoms with Crippen molar-refractivity contribution < 1.29 is 19.0 Å². The van der Waals surface area contributed by atoms with Gasteiger partial charge in [-0.3, -0.25) is 5.43 Å². The molecule has 3 aromatic rings. The van der Waals surface area contributed by atoms with Gasteiger partial charge in [-0.25, -0.2) is 10.2 Å². The molecule has 0 saturated carbocycles. The summed E-state index contributed by atoms with van der Waals surface area (Å²) >= 11 is 5.34. The van der Waals surface area contributed by atoms with E-state index in [4.69, 9.17) is 26.4 Å². The van der Waals surface area contributed by atoms with Crippen molar-refractivity contribution in [2.24, 2.45) is 0 Å². The SMILES string of the molecule is COc1cc(OC)cc(C(C)(C)OC(=O)NNC(=S)Nc2ccccc2-c2ccccc2)c1. The van der Waals surface area contributed by atoms with Crippen LogP contribution >= 0.6 is 12.2 Å². The van der Waals surface area contributed by atoms with E-state index in [0.717, 1.165) is 16.8 Å². The molecular formula is C25H27N3O4S. The number of carbonyl (C=O) groups is 1. The number of carbonyl (C=O) groups excluding carboxylic acids is 1. The lowest BCUT2D eigenvalue weighted by atomic mass is 9.97. The highest BCUT2D eigenvalue weighted by atomic mass is 32.1. The van der Waals surface area contributed by atoms with E-state index in [1.54, 1.807) is 46.3 Å². The average Bonchev–Trinajstić information content (AvgIpc) is 2.83. The summed E-state index contributed by atoms with van der Waals surface area (Å²) in [6.07, 6.45) is -0.692. The fourth-order valence-electron chi connectivity index (χ4n) is 3.19. The summed E-state index contributed by atoms with van der Waals surface area (Å²) in [5, 5.41) is 3.32. The Hall–Kier alpha value is -3.78. The molecule has 8 heteroatoms. The van der Waals surface area contributed by atoms with E-state index in [9.17, 15) is 4.79 Å². The van der Waals surface area contributed by atoms with Crippen LogP contribution in [0.2, 0.25) is 0 Å². The zero-order valence-corrected chi connectivity index (χ0v) is 19.8. The first-order chi connectivity index (χ1) is 15.8. The molecule has 0 saturated heterocycles. The molecule has 0 unspecified atom stereocenters. The number of para-hydroxylation sites is 1. The minimum absolute atomic E-state index is 0.219. The molecule has 172 valence electrons. The third kappa shape index (κ3) is 6.36. The standard InChI is InChI=1S/C25H27N3O4S/c1-25(2,18-14-19(30-3)16-20(15-18)31-4)32-24(29)28-27-23(33)26-22-13-9-8-12-21(22)17-10-6-5-7-11-17/h5-16H,1-4H3,(H,28,29)(H2,26,27,33). The first kappa shape index (κ1) is 23.9. The Morgan fingerprint density at radius 3 is 2.09 bits per heavy atom. The largest absolute Gasteiger partial charge is 0.497 e. The van der Waals surface area contributed by atoms with Crippen molar-refractivity contribution in [3.05, 3.63) is 78.4 Å². The second-order valence-corrected chi connectivity index (χ2v) is 8.03. The minimum atomic E-state index is -0.956. The first-order valence-corrected chi connectivity index (χ1v) is 10.7. The van der Waals surface area contributed by atoms with Gasteiger partial charge in [0.25, 0.3) is 0 Å². The summed E-state index contributed by atoms with van der Waals surface area (Å²) in [5.74, 6) is 1.20. The van der Waals surface area contributed by atoms with Gasteiger partial charge in [-0.2, -0.15) is 0 Å². The van der Waals surface area contributed by atoms with Crippen LogP contribution < -0.4 is 25.6 Å². The van der Waals surface area contributed by atoms with Gasteiger partial charge in [0.15, 0.2) is 5.11 Å². The second-order valence-electron chi connectivity index (χ2n) is 7.62. The summed E-state index contributed by atoms with van der Waals surface area (Å²) in [5.41, 5.74) is 7.74. The van der Waals surface area contributed by atoms with Crippen LogP contribution in [0.5, 0.6) is 11.5 Å². The molecule has 1 amide bonds. The molecule has 3 aromatic carbocycles. The Morgan fingerprint density at radius 2 is 1.45 bits per heavy atom. The zero-order valence-electron chi connectivity index (χ0n) is 19.0. The van der Waals surface area contributed by atoms with Gasteiger partial charge >= 0.3 is 6.09 Å². The third-order valence-electron chi connectivity index (χ3n) is 4.93. The number of anilines is 1. The van der Waals surface area contributed by atoms with E-state index in [1.807, 2.05) is 54.6 Å². The van der Waals surface area contributed by atoms with Crippen molar-refractivity contribution in [3.63, 3.8) is 0 Å². The molecule has 0 aliphatic heterocycles. The molecule has 0 heterocycles. The van der Waals surface area contributed by atoms with Gasteiger partial charge in [-0.1, -0.05) is 48.5 Å². The van der Waals surface area contributed by atoms with Crippen LogP contribution in [0.15, 0.2) is 72.8 Å². The summed E-state index contributed by atoms with van der Waals surface area (Å²) in [4.78, 5) is 12.4. The summed E-state index contributed by atoms with van der Waals surface area (Å²) in [6.45, 7) is 3.54. The predicted molar refractivity (Wildman–Crippen MR) is 133 cm³/mol. The number of hydrogen-bond donors (Lipinski definition) is 3. The molecule has 0 aromatic heterocycles. The van der Waals surface area contributed by atoms with Crippen LogP contribution in [0, 0.1) is 0 Å².